The van der Waals surface area contributed by atoms with E-state index in [0.717, 1.165) is 83.5 Å². The highest BCUT2D eigenvalue weighted by molar-refractivity contribution is 7.47. The summed E-state index contributed by atoms with van der Waals surface area (Å²) in [5.74, 6) is -0.513. The quantitative estimate of drug-likeness (QED) is 0.0205. The molecule has 400 valence electrons. The molecule has 10 heteroatoms. The van der Waals surface area contributed by atoms with Gasteiger partial charge in [-0.3, -0.25) is 18.6 Å². The summed E-state index contributed by atoms with van der Waals surface area (Å²) < 4.78 is 30.6. The smallest absolute Gasteiger partial charge is 0.456 e. The van der Waals surface area contributed by atoms with E-state index in [4.69, 9.17) is 13.8 Å². The molecule has 0 aliphatic rings. The van der Waals surface area contributed by atoms with Crippen LogP contribution < -0.4 is 5.32 Å². The molecule has 68 heavy (non-hydrogen) atoms. The van der Waals surface area contributed by atoms with Gasteiger partial charge in [-0.15, -0.1) is 0 Å². The Labute approximate surface area is 421 Å². The largest absolute Gasteiger partial charge is 0.472 e. The highest BCUT2D eigenvalue weighted by Crippen LogP contribution is 2.43. The molecule has 0 radical (unpaired) electrons. The number of hydrogen-bond acceptors (Lipinski definition) is 6. The summed E-state index contributed by atoms with van der Waals surface area (Å²) in [6, 6.07) is -0.848. The number of amides is 1. The molecule has 0 aromatic heterocycles. The van der Waals surface area contributed by atoms with Crippen molar-refractivity contribution in [1.82, 2.24) is 5.32 Å². The van der Waals surface area contributed by atoms with E-state index >= 15 is 0 Å². The first kappa shape index (κ1) is 66.2. The molecule has 0 aromatic rings. The minimum absolute atomic E-state index is 0.0398. The number of quaternary nitrogens is 1. The van der Waals surface area contributed by atoms with Gasteiger partial charge in [-0.05, 0) is 76.7 Å². The lowest BCUT2D eigenvalue weighted by molar-refractivity contribution is -0.870. The number of unbranched alkanes of at least 4 members (excludes halogenated alkanes) is 32. The van der Waals surface area contributed by atoms with Crippen LogP contribution >= 0.6 is 7.82 Å². The number of esters is 1. The first-order valence-electron chi connectivity index (χ1n) is 28.8. The molecule has 9 nitrogen and oxygen atoms in total. The van der Waals surface area contributed by atoms with Gasteiger partial charge in [0, 0.05) is 12.8 Å². The number of rotatable bonds is 52. The molecule has 0 rings (SSSR count). The molecule has 0 saturated carbocycles. The third-order valence-corrected chi connectivity index (χ3v) is 13.8. The molecule has 0 spiro atoms. The fraction of sp³-hybridized carbons (Fsp3) is 0.862. The van der Waals surface area contributed by atoms with Crippen molar-refractivity contribution < 1.29 is 37.3 Å². The molecule has 1 amide bonds. The Kier molecular flexibility index (Phi) is 47.6. The van der Waals surface area contributed by atoms with E-state index in [2.05, 4.69) is 50.4 Å². The zero-order valence-electron chi connectivity index (χ0n) is 45.6. The lowest BCUT2D eigenvalue weighted by Crippen LogP contribution is -2.47. The maximum Gasteiger partial charge on any atom is 0.472 e. The third kappa shape index (κ3) is 49.2. The molecule has 0 aliphatic carbocycles. The number of likely N-dealkylation sites (N-methyl/N-ethyl adjacent to an activating group) is 1. The number of allylic oxidation sites excluding steroid dienone is 5. The summed E-state index contributed by atoms with van der Waals surface area (Å²) in [6.07, 6.45) is 57.1. The van der Waals surface area contributed by atoms with Crippen molar-refractivity contribution >= 4 is 19.7 Å². The van der Waals surface area contributed by atoms with E-state index < -0.39 is 20.0 Å². The monoisotopic (exact) mass is 980 g/mol. The van der Waals surface area contributed by atoms with Gasteiger partial charge in [-0.1, -0.05) is 218 Å². The summed E-state index contributed by atoms with van der Waals surface area (Å²) in [6.45, 7) is 6.97. The fourth-order valence-electron chi connectivity index (χ4n) is 8.27. The van der Waals surface area contributed by atoms with Gasteiger partial charge in [0.2, 0.25) is 5.91 Å². The van der Waals surface area contributed by atoms with Crippen molar-refractivity contribution in [3.63, 3.8) is 0 Å². The molecule has 3 atom stereocenters. The summed E-state index contributed by atoms with van der Waals surface area (Å²) in [4.78, 5) is 37.5. The number of carbonyl (C=O) groups is 2. The number of nitrogens with one attached hydrogen (secondary N) is 1. The van der Waals surface area contributed by atoms with Gasteiger partial charge in [0.15, 0.2) is 0 Å². The second kappa shape index (κ2) is 48.8. The van der Waals surface area contributed by atoms with Crippen LogP contribution in [0.4, 0.5) is 0 Å². The van der Waals surface area contributed by atoms with Crippen LogP contribution in [0.2, 0.25) is 0 Å². The molecular formula is C58H112N2O7P+. The maximum absolute atomic E-state index is 13.5. The second-order valence-electron chi connectivity index (χ2n) is 20.8. The van der Waals surface area contributed by atoms with Crippen molar-refractivity contribution in [2.75, 3.05) is 40.9 Å². The van der Waals surface area contributed by atoms with Gasteiger partial charge in [0.25, 0.3) is 0 Å². The van der Waals surface area contributed by atoms with Crippen LogP contribution in [-0.2, 0) is 27.9 Å². The molecular weight excluding hydrogens is 868 g/mol. The molecule has 0 saturated heterocycles. The van der Waals surface area contributed by atoms with Crippen LogP contribution in [0.3, 0.4) is 0 Å². The Hall–Kier alpha value is -1.77. The zero-order valence-corrected chi connectivity index (χ0v) is 46.5. The normalized spacial score (nSPS) is 14.0. The summed E-state index contributed by atoms with van der Waals surface area (Å²) >= 11 is 0. The SMILES string of the molecule is CCCC/C=C\CCCCCCCC(=O)OC(/C=C\CCCCCCCCCCCC)C(COP(=O)(O)OCC[N+](C)(C)C)NC(=O)CCCCCCCCCCC/C=C/CCCCCCCC. The average Bonchev–Trinajstić information content (AvgIpc) is 3.29. The average molecular weight is 981 g/mol. The van der Waals surface area contributed by atoms with E-state index in [-0.39, 0.29) is 31.5 Å². The van der Waals surface area contributed by atoms with Gasteiger partial charge in [-0.2, -0.15) is 0 Å². The Morgan fingerprint density at radius 2 is 0.868 bits per heavy atom. The van der Waals surface area contributed by atoms with Gasteiger partial charge >= 0.3 is 13.8 Å². The minimum Gasteiger partial charge on any atom is -0.456 e. The summed E-state index contributed by atoms with van der Waals surface area (Å²) in [5, 5.41) is 3.05. The van der Waals surface area contributed by atoms with Crippen LogP contribution in [-0.4, -0.2) is 74.3 Å². The standard InChI is InChI=1S/C58H111N2O7P/c1-7-10-13-16-19-22-25-27-28-29-30-31-32-33-36-38-41-44-47-50-57(61)59-55(54-66-68(63,64)65-53-52-60(4,5)6)56(49-46-43-40-37-35-26-23-20-17-14-11-8-2)67-58(62)51-48-45-42-39-34-24-21-18-15-12-9-3/h18,21,27-28,46,49,55-56H,7-17,19-20,22-26,29-45,47-48,50-54H2,1-6H3,(H-,59,61,63,64)/p+1/b21-18-,28-27+,49-46-. The lowest BCUT2D eigenvalue weighted by Gasteiger charge is -2.27. The highest BCUT2D eigenvalue weighted by Gasteiger charge is 2.30. The van der Waals surface area contributed by atoms with Crippen LogP contribution in [0, 0.1) is 0 Å². The molecule has 0 aromatic carbocycles. The maximum atomic E-state index is 13.5. The summed E-state index contributed by atoms with van der Waals surface area (Å²) in [7, 11) is 1.50. The van der Waals surface area contributed by atoms with Gasteiger partial charge in [0.05, 0.1) is 33.8 Å². The fourth-order valence-corrected chi connectivity index (χ4v) is 9.00. The highest BCUT2D eigenvalue weighted by atomic mass is 31.2. The van der Waals surface area contributed by atoms with Gasteiger partial charge in [0.1, 0.15) is 19.3 Å². The van der Waals surface area contributed by atoms with E-state index in [0.29, 0.717) is 17.4 Å². The Bertz CT molecular complexity index is 1270. The van der Waals surface area contributed by atoms with E-state index in [1.54, 1.807) is 0 Å². The van der Waals surface area contributed by atoms with Crippen molar-refractivity contribution in [3.05, 3.63) is 36.5 Å². The lowest BCUT2D eigenvalue weighted by atomic mass is 10.0. The minimum atomic E-state index is -4.44. The van der Waals surface area contributed by atoms with Crippen molar-refractivity contribution in [1.29, 1.82) is 0 Å². The van der Waals surface area contributed by atoms with Crippen LogP contribution in [0.5, 0.6) is 0 Å². The van der Waals surface area contributed by atoms with Crippen LogP contribution in [0.1, 0.15) is 271 Å². The van der Waals surface area contributed by atoms with E-state index in [1.165, 1.54) is 154 Å². The topological polar surface area (TPSA) is 111 Å². The Morgan fingerprint density at radius 3 is 1.29 bits per heavy atom. The number of ether oxygens (including phenoxy) is 1. The van der Waals surface area contributed by atoms with E-state index in [1.807, 2.05) is 33.3 Å². The number of nitrogens with zero attached hydrogens (tertiary/aromatic N) is 1. The molecule has 0 aliphatic heterocycles. The van der Waals surface area contributed by atoms with E-state index in [9.17, 15) is 19.0 Å². The van der Waals surface area contributed by atoms with Crippen molar-refractivity contribution in [3.8, 4) is 0 Å². The Morgan fingerprint density at radius 1 is 0.500 bits per heavy atom. The molecule has 2 N–H and O–H groups in total. The second-order valence-corrected chi connectivity index (χ2v) is 22.3. The first-order valence-corrected chi connectivity index (χ1v) is 30.3. The van der Waals surface area contributed by atoms with Crippen LogP contribution in [0.25, 0.3) is 0 Å². The van der Waals surface area contributed by atoms with Gasteiger partial charge in [-0.25, -0.2) is 4.57 Å². The third-order valence-electron chi connectivity index (χ3n) is 12.8. The Balaban J connectivity index is 5.27. The molecule has 0 fully saturated rings. The zero-order chi connectivity index (χ0) is 50.1. The van der Waals surface area contributed by atoms with Gasteiger partial charge < -0.3 is 19.4 Å². The number of phosphoric acid groups is 1. The summed E-state index contributed by atoms with van der Waals surface area (Å²) in [5.41, 5.74) is 0. The number of phosphoric ester groups is 1. The van der Waals surface area contributed by atoms with Crippen molar-refractivity contribution in [2.24, 2.45) is 0 Å². The number of hydrogen-bond donors (Lipinski definition) is 2. The number of carbonyl (C=O) groups excluding carboxylic acids is 2. The van der Waals surface area contributed by atoms with Crippen molar-refractivity contribution in [2.45, 2.75) is 283 Å². The first-order chi connectivity index (χ1) is 32.9. The predicted molar refractivity (Wildman–Crippen MR) is 291 cm³/mol. The van der Waals surface area contributed by atoms with Crippen LogP contribution in [0.15, 0.2) is 36.5 Å². The molecule has 0 heterocycles. The molecule has 3 unspecified atom stereocenters. The molecule has 0 bridgehead atoms. The predicted octanol–water partition coefficient (Wildman–Crippen LogP) is 17.2.